The van der Waals surface area contributed by atoms with Gasteiger partial charge in [0.1, 0.15) is 5.15 Å². The van der Waals surface area contributed by atoms with Gasteiger partial charge in [0.15, 0.2) is 5.76 Å². The zero-order valence-electron chi connectivity index (χ0n) is 14.7. The fraction of sp³-hybridized carbons (Fsp3) is 0.0526. The van der Waals surface area contributed by atoms with E-state index in [0.717, 1.165) is 22.6 Å². The SMILES string of the molecule is CS(=O)(=O)Nc1cccc(Nc2ncc(-c3ccc4c(Cl)nccc4c3)o2)c1. The molecule has 0 aliphatic heterocycles. The Hall–Kier alpha value is -3.10. The Kier molecular flexibility index (Phi) is 4.66. The van der Waals surface area contributed by atoms with E-state index in [2.05, 4.69) is 20.0 Å². The van der Waals surface area contributed by atoms with E-state index in [9.17, 15) is 8.42 Å². The van der Waals surface area contributed by atoms with Crippen molar-refractivity contribution in [3.8, 4) is 11.3 Å². The lowest BCUT2D eigenvalue weighted by molar-refractivity contribution is 0.592. The van der Waals surface area contributed by atoms with Crippen molar-refractivity contribution in [2.45, 2.75) is 0 Å². The van der Waals surface area contributed by atoms with Crippen molar-refractivity contribution in [2.75, 3.05) is 16.3 Å². The maximum absolute atomic E-state index is 11.4. The van der Waals surface area contributed by atoms with E-state index in [4.69, 9.17) is 16.0 Å². The molecule has 9 heteroatoms. The highest BCUT2D eigenvalue weighted by Crippen LogP contribution is 2.29. The highest BCUT2D eigenvalue weighted by atomic mass is 35.5. The first-order valence-corrected chi connectivity index (χ1v) is 10.5. The van der Waals surface area contributed by atoms with Crippen LogP contribution in [0.4, 0.5) is 17.4 Å². The Morgan fingerprint density at radius 3 is 2.68 bits per heavy atom. The number of pyridine rings is 1. The number of hydrogen-bond donors (Lipinski definition) is 2. The lowest BCUT2D eigenvalue weighted by Crippen LogP contribution is -2.09. The maximum Gasteiger partial charge on any atom is 0.299 e. The topological polar surface area (TPSA) is 97.1 Å². The number of nitrogens with one attached hydrogen (secondary N) is 2. The summed E-state index contributed by atoms with van der Waals surface area (Å²) in [4.78, 5) is 8.30. The Morgan fingerprint density at radius 2 is 1.86 bits per heavy atom. The molecule has 0 spiro atoms. The molecule has 0 fully saturated rings. The fourth-order valence-electron chi connectivity index (χ4n) is 2.76. The summed E-state index contributed by atoms with van der Waals surface area (Å²) in [5, 5.41) is 5.28. The Balaban J connectivity index is 1.58. The van der Waals surface area contributed by atoms with E-state index < -0.39 is 10.0 Å². The average molecular weight is 415 g/mol. The maximum atomic E-state index is 11.4. The molecule has 142 valence electrons. The quantitative estimate of drug-likeness (QED) is 0.461. The fourth-order valence-corrected chi connectivity index (χ4v) is 3.54. The molecule has 0 amide bonds. The van der Waals surface area contributed by atoms with Gasteiger partial charge in [0.2, 0.25) is 10.0 Å². The molecule has 2 aromatic carbocycles. The smallest absolute Gasteiger partial charge is 0.299 e. The van der Waals surface area contributed by atoms with Gasteiger partial charge in [0.25, 0.3) is 6.01 Å². The van der Waals surface area contributed by atoms with Gasteiger partial charge in [0, 0.05) is 22.8 Å². The van der Waals surface area contributed by atoms with Crippen molar-refractivity contribution in [3.05, 3.63) is 66.1 Å². The number of halogens is 1. The summed E-state index contributed by atoms with van der Waals surface area (Å²) >= 11 is 6.10. The second-order valence-electron chi connectivity index (χ2n) is 6.15. The van der Waals surface area contributed by atoms with Crippen molar-refractivity contribution >= 4 is 49.8 Å². The number of nitrogens with zero attached hydrogens (tertiary/aromatic N) is 2. The number of anilines is 3. The molecule has 2 aromatic heterocycles. The third kappa shape index (κ3) is 4.08. The number of rotatable bonds is 5. The van der Waals surface area contributed by atoms with Crippen LogP contribution in [0.3, 0.4) is 0 Å². The van der Waals surface area contributed by atoms with Crippen molar-refractivity contribution in [1.29, 1.82) is 0 Å². The molecule has 7 nitrogen and oxygen atoms in total. The van der Waals surface area contributed by atoms with E-state index in [1.165, 1.54) is 0 Å². The highest BCUT2D eigenvalue weighted by molar-refractivity contribution is 7.92. The third-order valence-electron chi connectivity index (χ3n) is 3.92. The number of fused-ring (bicyclic) bond motifs is 1. The van der Waals surface area contributed by atoms with E-state index in [0.29, 0.717) is 28.3 Å². The number of hydrogen-bond acceptors (Lipinski definition) is 6. The lowest BCUT2D eigenvalue weighted by atomic mass is 10.1. The molecule has 28 heavy (non-hydrogen) atoms. The van der Waals surface area contributed by atoms with Gasteiger partial charge in [-0.25, -0.2) is 18.4 Å². The van der Waals surface area contributed by atoms with Crippen LogP contribution in [0.1, 0.15) is 0 Å². The normalized spacial score (nSPS) is 11.5. The van der Waals surface area contributed by atoms with Gasteiger partial charge in [-0.3, -0.25) is 4.72 Å². The van der Waals surface area contributed by atoms with E-state index in [1.807, 2.05) is 24.3 Å². The number of sulfonamides is 1. The van der Waals surface area contributed by atoms with Crippen LogP contribution < -0.4 is 10.0 Å². The summed E-state index contributed by atoms with van der Waals surface area (Å²) in [6, 6.07) is 14.7. The molecule has 0 aliphatic rings. The van der Waals surface area contributed by atoms with Crippen LogP contribution in [0.5, 0.6) is 0 Å². The van der Waals surface area contributed by atoms with Crippen molar-refractivity contribution in [2.24, 2.45) is 0 Å². The van der Waals surface area contributed by atoms with Gasteiger partial charge < -0.3 is 9.73 Å². The Bertz CT molecular complexity index is 1270. The minimum absolute atomic E-state index is 0.291. The largest absolute Gasteiger partial charge is 0.423 e. The van der Waals surface area contributed by atoms with E-state index >= 15 is 0 Å². The number of benzene rings is 2. The minimum Gasteiger partial charge on any atom is -0.423 e. The Labute approximate surface area is 166 Å². The highest BCUT2D eigenvalue weighted by Gasteiger charge is 2.09. The molecule has 0 radical (unpaired) electrons. The first-order chi connectivity index (χ1) is 13.4. The Morgan fingerprint density at radius 1 is 1.04 bits per heavy atom. The molecule has 2 N–H and O–H groups in total. The summed E-state index contributed by atoms with van der Waals surface area (Å²) in [7, 11) is -3.35. The third-order valence-corrected chi connectivity index (χ3v) is 4.83. The first kappa shape index (κ1) is 18.3. The average Bonchev–Trinajstić information content (AvgIpc) is 3.09. The molecule has 4 rings (SSSR count). The monoisotopic (exact) mass is 414 g/mol. The molecular formula is C19H15ClN4O3S. The molecule has 0 saturated carbocycles. The minimum atomic E-state index is -3.35. The molecule has 0 bridgehead atoms. The first-order valence-electron chi connectivity index (χ1n) is 8.23. The zero-order valence-corrected chi connectivity index (χ0v) is 16.3. The predicted octanol–water partition coefficient (Wildman–Crippen LogP) is 4.66. The van der Waals surface area contributed by atoms with Crippen LogP contribution in [-0.2, 0) is 10.0 Å². The lowest BCUT2D eigenvalue weighted by Gasteiger charge is -2.06. The summed E-state index contributed by atoms with van der Waals surface area (Å²) in [6.45, 7) is 0. The van der Waals surface area contributed by atoms with Gasteiger partial charge in [-0.1, -0.05) is 29.8 Å². The number of oxazole rings is 1. The number of aromatic nitrogens is 2. The molecule has 2 heterocycles. The van der Waals surface area contributed by atoms with Gasteiger partial charge >= 0.3 is 0 Å². The van der Waals surface area contributed by atoms with Crippen molar-refractivity contribution in [1.82, 2.24) is 9.97 Å². The second-order valence-corrected chi connectivity index (χ2v) is 8.25. The molecular weight excluding hydrogens is 400 g/mol. The van der Waals surface area contributed by atoms with Crippen LogP contribution in [0.25, 0.3) is 22.1 Å². The second kappa shape index (κ2) is 7.14. The molecule has 0 unspecified atom stereocenters. The standard InChI is InChI=1S/C19H15ClN4O3S/c1-28(25,26)24-15-4-2-3-14(10-15)23-19-22-11-17(27-19)13-5-6-16-12(9-13)7-8-21-18(16)20/h2-11,24H,1H3,(H,22,23). The van der Waals surface area contributed by atoms with Crippen molar-refractivity contribution < 1.29 is 12.8 Å². The summed E-state index contributed by atoms with van der Waals surface area (Å²) in [6.07, 6.45) is 4.37. The molecule has 0 saturated heterocycles. The molecule has 0 aliphatic carbocycles. The van der Waals surface area contributed by atoms with Crippen LogP contribution in [0.2, 0.25) is 5.15 Å². The predicted molar refractivity (Wildman–Crippen MR) is 110 cm³/mol. The molecule has 4 aromatic rings. The van der Waals surface area contributed by atoms with Gasteiger partial charge in [-0.15, -0.1) is 0 Å². The summed E-state index contributed by atoms with van der Waals surface area (Å²) < 4.78 is 30.9. The van der Waals surface area contributed by atoms with Crippen LogP contribution >= 0.6 is 11.6 Å². The summed E-state index contributed by atoms with van der Waals surface area (Å²) in [5.74, 6) is 0.586. The summed E-state index contributed by atoms with van der Waals surface area (Å²) in [5.41, 5.74) is 1.93. The van der Waals surface area contributed by atoms with Crippen LogP contribution in [0.15, 0.2) is 65.3 Å². The van der Waals surface area contributed by atoms with E-state index in [-0.39, 0.29) is 0 Å². The molecule has 0 atom stereocenters. The van der Waals surface area contributed by atoms with Crippen LogP contribution in [-0.4, -0.2) is 24.6 Å². The van der Waals surface area contributed by atoms with Crippen molar-refractivity contribution in [3.63, 3.8) is 0 Å². The van der Waals surface area contributed by atoms with Crippen LogP contribution in [0, 0.1) is 0 Å². The van der Waals surface area contributed by atoms with E-state index in [1.54, 1.807) is 36.7 Å². The van der Waals surface area contributed by atoms with Gasteiger partial charge in [-0.05, 0) is 35.7 Å². The van der Waals surface area contributed by atoms with Gasteiger partial charge in [-0.2, -0.15) is 0 Å². The zero-order chi connectivity index (χ0) is 19.7. The van der Waals surface area contributed by atoms with Gasteiger partial charge in [0.05, 0.1) is 18.1 Å².